The van der Waals surface area contributed by atoms with Gasteiger partial charge in [0.15, 0.2) is 16.8 Å². The van der Waals surface area contributed by atoms with Gasteiger partial charge in [-0.05, 0) is 24.3 Å². The molecule has 1 heterocycles. The van der Waals surface area contributed by atoms with Crippen LogP contribution in [0.15, 0.2) is 45.6 Å². The van der Waals surface area contributed by atoms with Crippen molar-refractivity contribution < 1.29 is 18.0 Å². The van der Waals surface area contributed by atoms with Crippen molar-refractivity contribution in [3.05, 3.63) is 46.6 Å². The highest BCUT2D eigenvalue weighted by atomic mass is 31.2. The molecule has 1 aliphatic carbocycles. The molecule has 2 aliphatic rings. The van der Waals surface area contributed by atoms with E-state index >= 15 is 0 Å². The fourth-order valence-corrected chi connectivity index (χ4v) is 2.63. The van der Waals surface area contributed by atoms with Crippen LogP contribution in [-0.2, 0) is 9.05 Å². The lowest BCUT2D eigenvalue weighted by Crippen LogP contribution is -1.99. The van der Waals surface area contributed by atoms with E-state index in [1.54, 1.807) is 24.3 Å². The molecular weight excluding hydrogens is 317 g/mol. The minimum Gasteiger partial charge on any atom is -0.453 e. The summed E-state index contributed by atoms with van der Waals surface area (Å²) in [5, 5.41) is 0. The normalized spacial score (nSPS) is 12.2. The third-order valence-electron chi connectivity index (χ3n) is 2.91. The smallest absolute Gasteiger partial charge is 0.397 e. The van der Waals surface area contributed by atoms with Crippen molar-refractivity contribution in [1.82, 2.24) is 4.98 Å². The lowest BCUT2D eigenvalue weighted by molar-refractivity contribution is 0.259. The maximum Gasteiger partial charge on any atom is 0.397 e. The Kier molecular flexibility index (Phi) is 4.54. The standard InChI is InChI=1S/C16H12NO5P/c1-3-8-20-23(19-2)22-12-5-7-14-16(10-12)21-15-9-11(18)4-6-13(15)17-14/h1,4-7,9-10H,8H2,2H3. The molecule has 0 bridgehead atoms. The summed E-state index contributed by atoms with van der Waals surface area (Å²) in [6, 6.07) is 9.61. The molecule has 7 heteroatoms. The van der Waals surface area contributed by atoms with E-state index in [4.69, 9.17) is 24.4 Å². The van der Waals surface area contributed by atoms with Gasteiger partial charge in [0.1, 0.15) is 23.6 Å². The average molecular weight is 329 g/mol. The minimum absolute atomic E-state index is 0.0932. The Morgan fingerprint density at radius 1 is 1.30 bits per heavy atom. The second kappa shape index (κ2) is 6.76. The van der Waals surface area contributed by atoms with Crippen molar-refractivity contribution in [1.29, 1.82) is 0 Å². The molecule has 1 atom stereocenters. The highest BCUT2D eigenvalue weighted by Gasteiger charge is 2.14. The molecule has 1 unspecified atom stereocenters. The Morgan fingerprint density at radius 2 is 2.17 bits per heavy atom. The van der Waals surface area contributed by atoms with E-state index in [1.165, 1.54) is 19.2 Å². The second-order valence-electron chi connectivity index (χ2n) is 4.45. The topological polar surface area (TPSA) is 70.8 Å². The molecule has 0 radical (unpaired) electrons. The fraction of sp³-hybridized carbons (Fsp3) is 0.125. The third kappa shape index (κ3) is 3.49. The molecule has 0 saturated heterocycles. The average Bonchev–Trinajstić information content (AvgIpc) is 2.56. The van der Waals surface area contributed by atoms with Gasteiger partial charge in [-0.15, -0.1) is 6.42 Å². The zero-order chi connectivity index (χ0) is 16.2. The third-order valence-corrected chi connectivity index (χ3v) is 3.90. The predicted octanol–water partition coefficient (Wildman–Crippen LogP) is 3.19. The quantitative estimate of drug-likeness (QED) is 0.407. The van der Waals surface area contributed by atoms with Crippen molar-refractivity contribution in [2.45, 2.75) is 0 Å². The number of terminal acetylenes is 1. The van der Waals surface area contributed by atoms with E-state index < -0.39 is 8.60 Å². The van der Waals surface area contributed by atoms with Crippen molar-refractivity contribution in [2.24, 2.45) is 0 Å². The van der Waals surface area contributed by atoms with Gasteiger partial charge in [0.2, 0.25) is 0 Å². The van der Waals surface area contributed by atoms with Crippen molar-refractivity contribution in [3.8, 4) is 29.5 Å². The van der Waals surface area contributed by atoms with Crippen molar-refractivity contribution in [3.63, 3.8) is 0 Å². The Bertz CT molecular complexity index is 901. The number of hydrogen-bond donors (Lipinski definition) is 0. The summed E-state index contributed by atoms with van der Waals surface area (Å²) < 4.78 is 21.6. The molecule has 1 aliphatic heterocycles. The van der Waals surface area contributed by atoms with Crippen LogP contribution in [0.2, 0.25) is 0 Å². The van der Waals surface area contributed by atoms with E-state index in [1.807, 2.05) is 0 Å². The van der Waals surface area contributed by atoms with Gasteiger partial charge < -0.3 is 13.5 Å². The molecule has 1 aromatic rings. The first-order valence-electron chi connectivity index (χ1n) is 6.63. The maximum atomic E-state index is 11.4. The van der Waals surface area contributed by atoms with Crippen LogP contribution in [-0.4, -0.2) is 18.7 Å². The molecule has 0 N–H and O–H groups in total. The van der Waals surface area contributed by atoms with E-state index in [-0.39, 0.29) is 12.0 Å². The van der Waals surface area contributed by atoms with Crippen LogP contribution >= 0.6 is 8.60 Å². The molecule has 0 fully saturated rings. The Hall–Kier alpha value is -2.45. The van der Waals surface area contributed by atoms with Gasteiger partial charge >= 0.3 is 8.60 Å². The van der Waals surface area contributed by atoms with Crippen molar-refractivity contribution >= 4 is 19.7 Å². The van der Waals surface area contributed by atoms with Crippen LogP contribution in [0.4, 0.5) is 0 Å². The summed E-state index contributed by atoms with van der Waals surface area (Å²) in [5.74, 6) is 3.26. The van der Waals surface area contributed by atoms with Gasteiger partial charge in [-0.1, -0.05) is 5.92 Å². The number of fused-ring (bicyclic) bond motifs is 2. The number of rotatable bonds is 5. The zero-order valence-electron chi connectivity index (χ0n) is 12.2. The highest BCUT2D eigenvalue weighted by molar-refractivity contribution is 7.42. The molecule has 0 aromatic heterocycles. The summed E-state index contributed by atoms with van der Waals surface area (Å²) in [6.07, 6.45) is 5.14. The minimum atomic E-state index is -1.59. The summed E-state index contributed by atoms with van der Waals surface area (Å²) in [4.78, 5) is 15.8. The zero-order valence-corrected chi connectivity index (χ0v) is 13.1. The van der Waals surface area contributed by atoms with Gasteiger partial charge in [-0.25, -0.2) is 4.98 Å². The molecule has 23 heavy (non-hydrogen) atoms. The largest absolute Gasteiger partial charge is 0.453 e. The molecule has 6 nitrogen and oxygen atoms in total. The first-order chi connectivity index (χ1) is 11.2. The molecule has 0 amide bonds. The number of hydrogen-bond acceptors (Lipinski definition) is 6. The van der Waals surface area contributed by atoms with Gasteiger partial charge in [0, 0.05) is 19.2 Å². The Labute approximate surface area is 133 Å². The summed E-state index contributed by atoms with van der Waals surface area (Å²) in [7, 11) is -0.120. The van der Waals surface area contributed by atoms with Gasteiger partial charge in [-0.2, -0.15) is 0 Å². The predicted molar refractivity (Wildman–Crippen MR) is 86.2 cm³/mol. The van der Waals surface area contributed by atoms with Crippen molar-refractivity contribution in [2.75, 3.05) is 13.7 Å². The number of nitrogens with zero attached hydrogens (tertiary/aromatic N) is 1. The second-order valence-corrected chi connectivity index (χ2v) is 5.70. The fourth-order valence-electron chi connectivity index (χ4n) is 1.93. The van der Waals surface area contributed by atoms with Crippen LogP contribution in [0, 0.1) is 12.3 Å². The molecular formula is C16H12NO5P. The van der Waals surface area contributed by atoms with Gasteiger partial charge in [0.05, 0.1) is 0 Å². The maximum absolute atomic E-state index is 11.4. The first kappa shape index (κ1) is 15.4. The van der Waals surface area contributed by atoms with Crippen LogP contribution in [0.3, 0.4) is 0 Å². The van der Waals surface area contributed by atoms with Gasteiger partial charge in [-0.3, -0.25) is 9.32 Å². The molecule has 1 aromatic carbocycles. The Balaban J connectivity index is 1.95. The monoisotopic (exact) mass is 329 g/mol. The summed E-state index contributed by atoms with van der Waals surface area (Å²) in [6.45, 7) is 0.0932. The number of aromatic nitrogens is 1. The molecule has 3 rings (SSSR count). The SMILES string of the molecule is C#CCOP(OC)Oc1ccc2nc3ccc(=O)cc-3oc2c1. The molecule has 0 spiro atoms. The lowest BCUT2D eigenvalue weighted by atomic mass is 10.2. The first-order valence-corrected chi connectivity index (χ1v) is 7.72. The van der Waals surface area contributed by atoms with E-state index in [0.29, 0.717) is 28.3 Å². The molecule has 0 saturated carbocycles. The highest BCUT2D eigenvalue weighted by Crippen LogP contribution is 2.40. The van der Waals surface area contributed by atoms with E-state index in [0.717, 1.165) is 0 Å². The van der Waals surface area contributed by atoms with Crippen LogP contribution in [0.5, 0.6) is 5.75 Å². The van der Waals surface area contributed by atoms with Crippen LogP contribution < -0.4 is 9.95 Å². The van der Waals surface area contributed by atoms with Crippen LogP contribution in [0.25, 0.3) is 22.6 Å². The van der Waals surface area contributed by atoms with Gasteiger partial charge in [0.25, 0.3) is 0 Å². The van der Waals surface area contributed by atoms with E-state index in [9.17, 15) is 4.79 Å². The van der Waals surface area contributed by atoms with E-state index in [2.05, 4.69) is 10.9 Å². The lowest BCUT2D eigenvalue weighted by Gasteiger charge is -2.14. The number of benzene rings is 2. The van der Waals surface area contributed by atoms with Crippen LogP contribution in [0.1, 0.15) is 0 Å². The summed E-state index contributed by atoms with van der Waals surface area (Å²) in [5.41, 5.74) is 1.61. The Morgan fingerprint density at radius 3 is 2.96 bits per heavy atom. The summed E-state index contributed by atoms with van der Waals surface area (Å²) >= 11 is 0. The molecule has 116 valence electrons.